The lowest BCUT2D eigenvalue weighted by Crippen LogP contribution is -2.51. The number of pyridine rings is 1. The minimum absolute atomic E-state index is 0.151. The highest BCUT2D eigenvalue weighted by Crippen LogP contribution is 2.25. The van der Waals surface area contributed by atoms with Crippen LogP contribution in [0.1, 0.15) is 17.2 Å². The molecule has 1 atom stereocenters. The summed E-state index contributed by atoms with van der Waals surface area (Å²) in [5.74, 6) is -1.57. The molecule has 34 heavy (non-hydrogen) atoms. The Balaban J connectivity index is 1.36. The number of amides is 2. The number of hydrogen-bond donors (Lipinski definition) is 2. The van der Waals surface area contributed by atoms with Crippen molar-refractivity contribution in [2.24, 2.45) is 0 Å². The Labute approximate surface area is 198 Å². The van der Waals surface area contributed by atoms with Crippen molar-refractivity contribution in [2.75, 3.05) is 37.6 Å². The van der Waals surface area contributed by atoms with Gasteiger partial charge in [-0.2, -0.15) is 0 Å². The predicted molar refractivity (Wildman–Crippen MR) is 128 cm³/mol. The van der Waals surface area contributed by atoms with Crippen LogP contribution < -0.4 is 15.5 Å². The molecule has 2 aromatic carbocycles. The van der Waals surface area contributed by atoms with Crippen molar-refractivity contribution in [1.82, 2.24) is 20.5 Å². The van der Waals surface area contributed by atoms with Gasteiger partial charge in [0, 0.05) is 51.7 Å². The number of rotatable bonds is 7. The molecule has 3 aromatic rings. The van der Waals surface area contributed by atoms with E-state index in [9.17, 15) is 14.0 Å². The van der Waals surface area contributed by atoms with E-state index in [2.05, 4.69) is 20.5 Å². The van der Waals surface area contributed by atoms with Crippen molar-refractivity contribution >= 4 is 17.5 Å². The lowest BCUT2D eigenvalue weighted by molar-refractivity contribution is -0.139. The predicted octanol–water partition coefficient (Wildman–Crippen LogP) is 2.52. The number of nitrogens with one attached hydrogen (secondary N) is 2. The quantitative estimate of drug-likeness (QED) is 0.529. The summed E-state index contributed by atoms with van der Waals surface area (Å²) in [5, 5.41) is 5.42. The highest BCUT2D eigenvalue weighted by molar-refractivity contribution is 6.35. The lowest BCUT2D eigenvalue weighted by atomic mass is 10.1. The average Bonchev–Trinajstić information content (AvgIpc) is 2.89. The number of benzene rings is 2. The largest absolute Gasteiger partial charge is 0.367 e. The Morgan fingerprint density at radius 2 is 1.59 bits per heavy atom. The van der Waals surface area contributed by atoms with Crippen LogP contribution in [0.15, 0.2) is 79.1 Å². The van der Waals surface area contributed by atoms with Gasteiger partial charge in [0.05, 0.1) is 11.7 Å². The third-order valence-electron chi connectivity index (χ3n) is 5.98. The molecule has 2 amide bonds. The van der Waals surface area contributed by atoms with Gasteiger partial charge in [-0.3, -0.25) is 19.5 Å². The Hall–Kier alpha value is -3.78. The molecule has 0 aliphatic carbocycles. The van der Waals surface area contributed by atoms with Gasteiger partial charge in [-0.05, 0) is 29.3 Å². The van der Waals surface area contributed by atoms with Gasteiger partial charge in [0.15, 0.2) is 0 Å². The molecule has 0 saturated carbocycles. The summed E-state index contributed by atoms with van der Waals surface area (Å²) >= 11 is 0. The third kappa shape index (κ3) is 5.96. The monoisotopic (exact) mass is 461 g/mol. The van der Waals surface area contributed by atoms with E-state index in [0.29, 0.717) is 31.9 Å². The maximum Gasteiger partial charge on any atom is 0.309 e. The molecule has 0 spiro atoms. The maximum absolute atomic E-state index is 14.2. The van der Waals surface area contributed by atoms with Crippen LogP contribution >= 0.6 is 0 Å². The van der Waals surface area contributed by atoms with E-state index in [4.69, 9.17) is 0 Å². The molecule has 176 valence electrons. The molecule has 7 nitrogen and oxygen atoms in total. The summed E-state index contributed by atoms with van der Waals surface area (Å²) in [6.45, 7) is 3.24. The number of halogens is 1. The summed E-state index contributed by atoms with van der Waals surface area (Å²) in [7, 11) is 0. The van der Waals surface area contributed by atoms with Gasteiger partial charge in [-0.25, -0.2) is 4.39 Å². The van der Waals surface area contributed by atoms with E-state index in [1.165, 1.54) is 6.07 Å². The number of hydrogen-bond acceptors (Lipinski definition) is 5. The van der Waals surface area contributed by atoms with Crippen molar-refractivity contribution in [3.8, 4) is 0 Å². The fraction of sp³-hybridized carbons (Fsp3) is 0.269. The van der Waals surface area contributed by atoms with Gasteiger partial charge in [0.25, 0.3) is 0 Å². The number of piperazine rings is 1. The van der Waals surface area contributed by atoms with Crippen LogP contribution in [0, 0.1) is 5.82 Å². The van der Waals surface area contributed by atoms with E-state index in [-0.39, 0.29) is 24.9 Å². The zero-order valence-electron chi connectivity index (χ0n) is 18.9. The molecular weight excluding hydrogens is 433 g/mol. The first-order chi connectivity index (χ1) is 16.6. The second-order valence-electron chi connectivity index (χ2n) is 8.15. The maximum atomic E-state index is 14.2. The van der Waals surface area contributed by atoms with Crippen molar-refractivity contribution in [3.05, 3.63) is 96.1 Å². The number of carbonyl (C=O) groups excluding carboxylic acids is 2. The number of aromatic nitrogens is 1. The molecule has 1 aromatic heterocycles. The number of para-hydroxylation sites is 1. The molecule has 2 N–H and O–H groups in total. The van der Waals surface area contributed by atoms with Crippen LogP contribution in [-0.2, 0) is 16.1 Å². The molecule has 2 heterocycles. The van der Waals surface area contributed by atoms with E-state index in [0.717, 1.165) is 11.1 Å². The minimum atomic E-state index is -0.671. The van der Waals surface area contributed by atoms with E-state index >= 15 is 0 Å². The first kappa shape index (κ1) is 23.4. The third-order valence-corrected chi connectivity index (χ3v) is 5.98. The molecular formula is C26H28FN5O2. The van der Waals surface area contributed by atoms with E-state index < -0.39 is 11.8 Å². The van der Waals surface area contributed by atoms with Gasteiger partial charge >= 0.3 is 11.8 Å². The lowest BCUT2D eigenvalue weighted by Gasteiger charge is -2.40. The van der Waals surface area contributed by atoms with Crippen molar-refractivity contribution in [2.45, 2.75) is 12.6 Å². The number of anilines is 1. The molecule has 8 heteroatoms. The normalized spacial score (nSPS) is 14.9. The van der Waals surface area contributed by atoms with Crippen LogP contribution in [0.2, 0.25) is 0 Å². The van der Waals surface area contributed by atoms with Gasteiger partial charge in [0.1, 0.15) is 5.82 Å². The van der Waals surface area contributed by atoms with Crippen LogP contribution in [0.5, 0.6) is 0 Å². The molecule has 0 unspecified atom stereocenters. The first-order valence-electron chi connectivity index (χ1n) is 11.3. The van der Waals surface area contributed by atoms with Crippen LogP contribution in [0.4, 0.5) is 10.1 Å². The summed E-state index contributed by atoms with van der Waals surface area (Å²) in [6.07, 6.45) is 3.47. The Morgan fingerprint density at radius 3 is 2.29 bits per heavy atom. The molecule has 1 aliphatic heterocycles. The van der Waals surface area contributed by atoms with Gasteiger partial charge in [0.2, 0.25) is 0 Å². The molecule has 0 radical (unpaired) electrons. The summed E-state index contributed by atoms with van der Waals surface area (Å²) in [6, 6.07) is 19.9. The minimum Gasteiger partial charge on any atom is -0.367 e. The topological polar surface area (TPSA) is 77.6 Å². The first-order valence-corrected chi connectivity index (χ1v) is 11.3. The molecule has 0 bridgehead atoms. The second kappa shape index (κ2) is 11.4. The van der Waals surface area contributed by atoms with Crippen LogP contribution in [0.25, 0.3) is 0 Å². The number of carbonyl (C=O) groups is 2. The Kier molecular flexibility index (Phi) is 7.83. The van der Waals surface area contributed by atoms with Gasteiger partial charge in [-0.1, -0.05) is 48.5 Å². The zero-order valence-corrected chi connectivity index (χ0v) is 18.9. The average molecular weight is 462 g/mol. The molecule has 1 fully saturated rings. The summed E-state index contributed by atoms with van der Waals surface area (Å²) in [5.41, 5.74) is 2.47. The highest BCUT2D eigenvalue weighted by Gasteiger charge is 2.27. The Bertz CT molecular complexity index is 1090. The standard InChI is InChI=1S/C26H28FN5O2/c27-22-10-4-5-11-23(22)31-13-15-32(16-14-31)24(21-9-6-12-28-18-21)19-30-26(34)25(33)29-17-20-7-2-1-3-8-20/h1-12,18,24H,13-17,19H2,(H,29,33)(H,30,34)/t24-/m0/s1. The van der Waals surface area contributed by atoms with Crippen molar-refractivity contribution in [3.63, 3.8) is 0 Å². The van der Waals surface area contributed by atoms with Crippen LogP contribution in [-0.4, -0.2) is 54.4 Å². The van der Waals surface area contributed by atoms with Gasteiger partial charge < -0.3 is 15.5 Å². The molecule has 1 saturated heterocycles. The fourth-order valence-corrected chi connectivity index (χ4v) is 4.14. The molecule has 4 rings (SSSR count). The van der Waals surface area contributed by atoms with Crippen molar-refractivity contribution in [1.29, 1.82) is 0 Å². The SMILES string of the molecule is O=C(NCc1ccccc1)C(=O)NC[C@@H](c1cccnc1)N1CCN(c2ccccc2F)CC1. The fourth-order valence-electron chi connectivity index (χ4n) is 4.14. The zero-order chi connectivity index (χ0) is 23.8. The number of nitrogens with zero attached hydrogens (tertiary/aromatic N) is 3. The van der Waals surface area contributed by atoms with Gasteiger partial charge in [-0.15, -0.1) is 0 Å². The van der Waals surface area contributed by atoms with Crippen LogP contribution in [0.3, 0.4) is 0 Å². The van der Waals surface area contributed by atoms with E-state index in [1.807, 2.05) is 53.4 Å². The van der Waals surface area contributed by atoms with E-state index in [1.54, 1.807) is 24.5 Å². The highest BCUT2D eigenvalue weighted by atomic mass is 19.1. The van der Waals surface area contributed by atoms with Crippen molar-refractivity contribution < 1.29 is 14.0 Å². The molecule has 1 aliphatic rings. The second-order valence-corrected chi connectivity index (χ2v) is 8.15. The summed E-state index contributed by atoms with van der Waals surface area (Å²) < 4.78 is 14.2. The Morgan fingerprint density at radius 1 is 0.882 bits per heavy atom. The summed E-state index contributed by atoms with van der Waals surface area (Å²) in [4.78, 5) is 33.2. The smallest absolute Gasteiger partial charge is 0.309 e.